The average Bonchev–Trinajstić information content (AvgIpc) is 2.63. The number of ether oxygens (including phenoxy) is 1. The van der Waals surface area contributed by atoms with Crippen LogP contribution >= 0.6 is 0 Å². The number of aromatic nitrogens is 3. The molecule has 0 atom stereocenters. The third-order valence-electron chi connectivity index (χ3n) is 3.55. The molecule has 0 saturated carbocycles. The maximum absolute atomic E-state index is 12.7. The van der Waals surface area contributed by atoms with Crippen LogP contribution in [0.3, 0.4) is 0 Å². The first kappa shape index (κ1) is 19.8. The molecule has 3 aromatic rings. The van der Waals surface area contributed by atoms with Crippen LogP contribution in [0.2, 0.25) is 0 Å². The molecule has 0 aliphatic rings. The van der Waals surface area contributed by atoms with E-state index in [0.29, 0.717) is 5.65 Å². The lowest BCUT2D eigenvalue weighted by atomic mass is 10.2. The lowest BCUT2D eigenvalue weighted by molar-refractivity contribution is -0.134. The minimum absolute atomic E-state index is 0.0373. The zero-order valence-corrected chi connectivity index (χ0v) is 14.7. The summed E-state index contributed by atoms with van der Waals surface area (Å²) in [6.07, 6.45) is 1.58. The normalized spacial score (nSPS) is 10.3. The van der Waals surface area contributed by atoms with E-state index in [4.69, 9.17) is 15.3 Å². The van der Waals surface area contributed by atoms with E-state index in [9.17, 15) is 14.7 Å². The summed E-state index contributed by atoms with van der Waals surface area (Å²) in [5.74, 6) is -1.55. The number of hydrogen-bond donors (Lipinski definition) is 3. The van der Waals surface area contributed by atoms with Crippen LogP contribution in [-0.2, 0) is 16.1 Å². The fourth-order valence-electron chi connectivity index (χ4n) is 2.47. The second-order valence-corrected chi connectivity index (χ2v) is 5.38. The Hall–Kier alpha value is -3.53. The molecule has 0 aliphatic heterocycles. The molecule has 0 radical (unpaired) electrons. The SMILES string of the molecule is CC(=O)O.COC(=O)c1cc2c(=O)n3ccccc3nc2n(CCO)c1=N. The molecular weight excluding hydrogens is 356 g/mol. The standard InChI is InChI=1S/C15H14N4O4.C2H4O2/c1-23-15(22)9-8-10-13(19(6-7-20)12(9)16)17-11-4-2-3-5-18(11)14(10)21;1-2(3)4/h2-5,8,16,20H,6-7H2,1H3;1H3,(H,3,4). The monoisotopic (exact) mass is 374 g/mol. The van der Waals surface area contributed by atoms with Crippen molar-refractivity contribution in [2.45, 2.75) is 13.5 Å². The zero-order chi connectivity index (χ0) is 20.1. The van der Waals surface area contributed by atoms with Crippen LogP contribution in [-0.4, -0.2) is 49.8 Å². The first-order chi connectivity index (χ1) is 12.8. The summed E-state index contributed by atoms with van der Waals surface area (Å²) in [4.78, 5) is 37.9. The van der Waals surface area contributed by atoms with Crippen molar-refractivity contribution in [2.24, 2.45) is 0 Å². The average molecular weight is 374 g/mol. The number of nitrogens with one attached hydrogen (secondary N) is 1. The smallest absolute Gasteiger partial charge is 0.341 e. The van der Waals surface area contributed by atoms with Crippen LogP contribution in [0.25, 0.3) is 16.7 Å². The van der Waals surface area contributed by atoms with Gasteiger partial charge in [-0.1, -0.05) is 6.07 Å². The molecule has 10 nitrogen and oxygen atoms in total. The largest absolute Gasteiger partial charge is 0.481 e. The summed E-state index contributed by atoms with van der Waals surface area (Å²) in [5.41, 5.74) is 0.0890. The maximum atomic E-state index is 12.7. The summed E-state index contributed by atoms with van der Waals surface area (Å²) in [5, 5.41) is 25.0. The van der Waals surface area contributed by atoms with Gasteiger partial charge in [0.05, 0.1) is 19.1 Å². The van der Waals surface area contributed by atoms with Crippen LogP contribution in [0, 0.1) is 5.41 Å². The van der Waals surface area contributed by atoms with Gasteiger partial charge in [-0.05, 0) is 18.2 Å². The third kappa shape index (κ3) is 4.01. The Labute approximate surface area is 152 Å². The van der Waals surface area contributed by atoms with E-state index in [1.807, 2.05) is 0 Å². The van der Waals surface area contributed by atoms with Crippen LogP contribution in [0.1, 0.15) is 17.3 Å². The highest BCUT2D eigenvalue weighted by Crippen LogP contribution is 2.10. The number of aliphatic carboxylic acids is 1. The molecule has 0 aliphatic carbocycles. The maximum Gasteiger partial charge on any atom is 0.341 e. The molecule has 0 bridgehead atoms. The highest BCUT2D eigenvalue weighted by atomic mass is 16.5. The number of methoxy groups -OCH3 is 1. The zero-order valence-electron chi connectivity index (χ0n) is 14.7. The number of nitrogens with zero attached hydrogens (tertiary/aromatic N) is 3. The summed E-state index contributed by atoms with van der Waals surface area (Å²) in [6, 6.07) is 6.42. The number of carboxylic acids is 1. The Kier molecular flexibility index (Phi) is 6.03. The first-order valence-electron chi connectivity index (χ1n) is 7.80. The number of rotatable bonds is 3. The molecule has 0 fully saturated rings. The molecule has 0 saturated heterocycles. The van der Waals surface area contributed by atoms with Crippen molar-refractivity contribution in [3.8, 4) is 0 Å². The number of carbonyl (C=O) groups is 2. The van der Waals surface area contributed by atoms with Crippen LogP contribution in [0.15, 0.2) is 35.3 Å². The first-order valence-corrected chi connectivity index (χ1v) is 7.80. The van der Waals surface area contributed by atoms with Gasteiger partial charge in [-0.2, -0.15) is 0 Å². The summed E-state index contributed by atoms with van der Waals surface area (Å²) in [6.45, 7) is 0.863. The topological polar surface area (TPSA) is 147 Å². The summed E-state index contributed by atoms with van der Waals surface area (Å²) < 4.78 is 7.35. The van der Waals surface area contributed by atoms with Gasteiger partial charge >= 0.3 is 5.97 Å². The number of aliphatic hydroxyl groups excluding tert-OH is 1. The van der Waals surface area contributed by atoms with E-state index in [0.717, 1.165) is 6.92 Å². The van der Waals surface area contributed by atoms with Crippen molar-refractivity contribution in [1.82, 2.24) is 14.0 Å². The number of carboxylic acid groups (broad SMARTS) is 1. The van der Waals surface area contributed by atoms with Gasteiger partial charge in [0.25, 0.3) is 11.5 Å². The summed E-state index contributed by atoms with van der Waals surface area (Å²) in [7, 11) is 1.20. The van der Waals surface area contributed by atoms with Gasteiger partial charge in [0.2, 0.25) is 0 Å². The molecule has 0 aromatic carbocycles. The van der Waals surface area contributed by atoms with Crippen molar-refractivity contribution in [3.05, 3.63) is 51.9 Å². The minimum atomic E-state index is -0.833. The fraction of sp³-hybridized carbons (Fsp3) is 0.235. The third-order valence-corrected chi connectivity index (χ3v) is 3.55. The van der Waals surface area contributed by atoms with Crippen molar-refractivity contribution in [1.29, 1.82) is 5.41 Å². The van der Waals surface area contributed by atoms with Crippen molar-refractivity contribution in [2.75, 3.05) is 13.7 Å². The lowest BCUT2D eigenvalue weighted by Crippen LogP contribution is -2.31. The predicted octanol–water partition coefficient (Wildman–Crippen LogP) is -0.00153. The fourth-order valence-corrected chi connectivity index (χ4v) is 2.47. The lowest BCUT2D eigenvalue weighted by Gasteiger charge is -2.12. The molecule has 0 amide bonds. The molecule has 0 spiro atoms. The molecule has 27 heavy (non-hydrogen) atoms. The van der Waals surface area contributed by atoms with Crippen LogP contribution in [0.4, 0.5) is 0 Å². The Bertz CT molecular complexity index is 1130. The highest BCUT2D eigenvalue weighted by molar-refractivity contribution is 5.93. The van der Waals surface area contributed by atoms with Gasteiger partial charge in [0, 0.05) is 19.7 Å². The van der Waals surface area contributed by atoms with E-state index in [1.165, 1.54) is 22.1 Å². The number of carbonyl (C=O) groups excluding carboxylic acids is 1. The van der Waals surface area contributed by atoms with E-state index >= 15 is 0 Å². The molecule has 3 heterocycles. The van der Waals surface area contributed by atoms with E-state index in [-0.39, 0.29) is 40.8 Å². The molecule has 0 unspecified atom stereocenters. The number of pyridine rings is 2. The second kappa shape index (κ2) is 8.23. The van der Waals surface area contributed by atoms with E-state index in [1.54, 1.807) is 24.4 Å². The van der Waals surface area contributed by atoms with Crippen molar-refractivity contribution >= 4 is 28.6 Å². The molecule has 3 aromatic heterocycles. The van der Waals surface area contributed by atoms with Crippen LogP contribution in [0.5, 0.6) is 0 Å². The van der Waals surface area contributed by atoms with Gasteiger partial charge in [-0.3, -0.25) is 19.4 Å². The molecule has 3 rings (SSSR count). The van der Waals surface area contributed by atoms with Gasteiger partial charge in [-0.15, -0.1) is 0 Å². The van der Waals surface area contributed by atoms with Crippen LogP contribution < -0.4 is 11.0 Å². The Morgan fingerprint density at radius 3 is 2.59 bits per heavy atom. The Balaban J connectivity index is 0.000000596. The molecular formula is C17H18N4O6. The molecule has 3 N–H and O–H groups in total. The van der Waals surface area contributed by atoms with Gasteiger partial charge in [-0.25, -0.2) is 9.78 Å². The van der Waals surface area contributed by atoms with Gasteiger partial charge < -0.3 is 19.5 Å². The highest BCUT2D eigenvalue weighted by Gasteiger charge is 2.17. The van der Waals surface area contributed by atoms with E-state index in [2.05, 4.69) is 9.72 Å². The number of fused-ring (bicyclic) bond motifs is 2. The van der Waals surface area contributed by atoms with E-state index < -0.39 is 11.9 Å². The minimum Gasteiger partial charge on any atom is -0.481 e. The summed E-state index contributed by atoms with van der Waals surface area (Å²) >= 11 is 0. The predicted molar refractivity (Wildman–Crippen MR) is 94.5 cm³/mol. The Morgan fingerprint density at radius 2 is 2.00 bits per heavy atom. The molecule has 142 valence electrons. The van der Waals surface area contributed by atoms with Crippen molar-refractivity contribution in [3.63, 3.8) is 0 Å². The molecule has 10 heteroatoms. The van der Waals surface area contributed by atoms with Crippen molar-refractivity contribution < 1.29 is 24.5 Å². The number of hydrogen-bond acceptors (Lipinski definition) is 7. The van der Waals surface area contributed by atoms with Gasteiger partial charge in [0.1, 0.15) is 22.3 Å². The van der Waals surface area contributed by atoms with Gasteiger partial charge in [0.15, 0.2) is 0 Å². The number of esters is 1. The second-order valence-electron chi connectivity index (χ2n) is 5.38. The Morgan fingerprint density at radius 1 is 1.33 bits per heavy atom. The number of aliphatic hydroxyl groups is 1. The quantitative estimate of drug-likeness (QED) is 0.432.